The fraction of sp³-hybridized carbons (Fsp3) is 0.500. The van der Waals surface area contributed by atoms with Crippen LogP contribution in [0.2, 0.25) is 0 Å². The molecule has 1 aromatic rings. The molecule has 2 rings (SSSR count). The Kier molecular flexibility index (Phi) is 4.88. The Bertz CT molecular complexity index is 487. The minimum atomic E-state index is -0.681. The Balaban J connectivity index is 2.08. The van der Waals surface area contributed by atoms with Gasteiger partial charge in [0.2, 0.25) is 0 Å². The maximum atomic E-state index is 13.9. The molecule has 0 radical (unpaired) electrons. The number of hydrogen-bond acceptors (Lipinski definition) is 3. The van der Waals surface area contributed by atoms with E-state index in [-0.39, 0.29) is 28.3 Å². The molecule has 0 aliphatic carbocycles. The standard InChI is InChI=1S/C14H18F2N2OS/c1-2-12-8(3-4-19-12)7-18-13-10(15)5-9(14(17)20)6-11(13)16/h5-6,8,12,18H,2-4,7H2,1H3,(H2,17,20). The Hall–Kier alpha value is -1.27. The van der Waals surface area contributed by atoms with E-state index in [2.05, 4.69) is 5.32 Å². The van der Waals surface area contributed by atoms with Gasteiger partial charge in [0.15, 0.2) is 0 Å². The van der Waals surface area contributed by atoms with Gasteiger partial charge in [0, 0.05) is 24.6 Å². The van der Waals surface area contributed by atoms with E-state index in [0.717, 1.165) is 25.0 Å². The number of halogens is 2. The summed E-state index contributed by atoms with van der Waals surface area (Å²) in [7, 11) is 0. The van der Waals surface area contributed by atoms with Crippen LogP contribution >= 0.6 is 12.2 Å². The van der Waals surface area contributed by atoms with E-state index < -0.39 is 11.6 Å². The molecule has 2 unspecified atom stereocenters. The van der Waals surface area contributed by atoms with Crippen molar-refractivity contribution in [1.29, 1.82) is 0 Å². The molecule has 1 aliphatic heterocycles. The molecule has 20 heavy (non-hydrogen) atoms. The molecule has 0 bridgehead atoms. The predicted octanol–water partition coefficient (Wildman–Crippen LogP) is 2.83. The van der Waals surface area contributed by atoms with Crippen LogP contribution in [0.4, 0.5) is 14.5 Å². The monoisotopic (exact) mass is 300 g/mol. The van der Waals surface area contributed by atoms with Gasteiger partial charge in [-0.05, 0) is 25.0 Å². The summed E-state index contributed by atoms with van der Waals surface area (Å²) in [6.45, 7) is 3.23. The van der Waals surface area contributed by atoms with Gasteiger partial charge in [-0.3, -0.25) is 0 Å². The van der Waals surface area contributed by atoms with Crippen molar-refractivity contribution in [3.05, 3.63) is 29.3 Å². The van der Waals surface area contributed by atoms with Crippen molar-refractivity contribution in [1.82, 2.24) is 0 Å². The lowest BCUT2D eigenvalue weighted by Gasteiger charge is -2.18. The van der Waals surface area contributed by atoms with Gasteiger partial charge in [0.25, 0.3) is 0 Å². The first-order valence-corrected chi connectivity index (χ1v) is 7.08. The number of ether oxygens (including phenoxy) is 1. The lowest BCUT2D eigenvalue weighted by molar-refractivity contribution is 0.0900. The summed E-state index contributed by atoms with van der Waals surface area (Å²) in [6.07, 6.45) is 1.96. The van der Waals surface area contributed by atoms with Gasteiger partial charge in [0.05, 0.1) is 6.10 Å². The molecule has 1 saturated heterocycles. The second-order valence-corrected chi connectivity index (χ2v) is 5.37. The van der Waals surface area contributed by atoms with Gasteiger partial charge < -0.3 is 15.8 Å². The molecule has 0 spiro atoms. The first kappa shape index (κ1) is 15.1. The number of nitrogens with two attached hydrogens (primary N) is 1. The molecule has 6 heteroatoms. The summed E-state index contributed by atoms with van der Waals surface area (Å²) in [4.78, 5) is -0.0235. The second kappa shape index (κ2) is 6.45. The van der Waals surface area contributed by atoms with Crippen LogP contribution in [0.15, 0.2) is 12.1 Å². The number of anilines is 1. The predicted molar refractivity (Wildman–Crippen MR) is 78.9 cm³/mol. The van der Waals surface area contributed by atoms with Crippen molar-refractivity contribution in [3.63, 3.8) is 0 Å². The van der Waals surface area contributed by atoms with E-state index >= 15 is 0 Å². The normalized spacial score (nSPS) is 21.9. The van der Waals surface area contributed by atoms with Crippen LogP contribution in [0.25, 0.3) is 0 Å². The molecular weight excluding hydrogens is 282 g/mol. The van der Waals surface area contributed by atoms with Gasteiger partial charge in [0.1, 0.15) is 22.3 Å². The second-order valence-electron chi connectivity index (χ2n) is 4.93. The van der Waals surface area contributed by atoms with Gasteiger partial charge in [-0.2, -0.15) is 0 Å². The summed E-state index contributed by atoms with van der Waals surface area (Å²) in [6, 6.07) is 2.30. The number of benzene rings is 1. The largest absolute Gasteiger partial charge is 0.389 e. The van der Waals surface area contributed by atoms with E-state index in [0.29, 0.717) is 13.2 Å². The number of thiocarbonyl (C=S) groups is 1. The van der Waals surface area contributed by atoms with Gasteiger partial charge in [-0.1, -0.05) is 19.1 Å². The summed E-state index contributed by atoms with van der Waals surface area (Å²) < 4.78 is 33.3. The fourth-order valence-corrected chi connectivity index (χ4v) is 2.61. The first-order valence-electron chi connectivity index (χ1n) is 6.67. The van der Waals surface area contributed by atoms with Gasteiger partial charge in [-0.25, -0.2) is 8.78 Å². The highest BCUT2D eigenvalue weighted by Crippen LogP contribution is 2.26. The Morgan fingerprint density at radius 3 is 2.65 bits per heavy atom. The van der Waals surface area contributed by atoms with E-state index in [1.165, 1.54) is 0 Å². The van der Waals surface area contributed by atoms with E-state index in [9.17, 15) is 8.78 Å². The van der Waals surface area contributed by atoms with Gasteiger partial charge >= 0.3 is 0 Å². The SMILES string of the molecule is CCC1OCCC1CNc1c(F)cc(C(N)=S)cc1F. The Morgan fingerprint density at radius 2 is 2.10 bits per heavy atom. The van der Waals surface area contributed by atoms with Crippen LogP contribution in [0.1, 0.15) is 25.3 Å². The lowest BCUT2D eigenvalue weighted by Crippen LogP contribution is -2.23. The topological polar surface area (TPSA) is 47.3 Å². The Labute approximate surface area is 122 Å². The molecule has 0 aromatic heterocycles. The number of rotatable bonds is 5. The average molecular weight is 300 g/mol. The number of hydrogen-bond donors (Lipinski definition) is 2. The molecule has 1 aliphatic rings. The van der Waals surface area contributed by atoms with Crippen LogP contribution in [-0.4, -0.2) is 24.2 Å². The summed E-state index contributed by atoms with van der Waals surface area (Å²) >= 11 is 4.72. The van der Waals surface area contributed by atoms with Crippen molar-refractivity contribution in [2.75, 3.05) is 18.5 Å². The zero-order chi connectivity index (χ0) is 14.7. The Morgan fingerprint density at radius 1 is 1.45 bits per heavy atom. The minimum absolute atomic E-state index is 0.0235. The highest BCUT2D eigenvalue weighted by atomic mass is 32.1. The van der Waals surface area contributed by atoms with Crippen LogP contribution in [-0.2, 0) is 4.74 Å². The van der Waals surface area contributed by atoms with Crippen LogP contribution in [0.3, 0.4) is 0 Å². The summed E-state index contributed by atoms with van der Waals surface area (Å²) in [5.41, 5.74) is 5.43. The molecule has 1 aromatic carbocycles. The first-order chi connectivity index (χ1) is 9.52. The lowest BCUT2D eigenvalue weighted by atomic mass is 9.99. The molecule has 3 nitrogen and oxygen atoms in total. The molecule has 2 atom stereocenters. The molecule has 0 amide bonds. The maximum Gasteiger partial charge on any atom is 0.150 e. The van der Waals surface area contributed by atoms with Crippen LogP contribution in [0, 0.1) is 17.6 Å². The smallest absolute Gasteiger partial charge is 0.150 e. The van der Waals surface area contributed by atoms with Crippen molar-refractivity contribution < 1.29 is 13.5 Å². The van der Waals surface area contributed by atoms with E-state index in [1.807, 2.05) is 6.92 Å². The van der Waals surface area contributed by atoms with Crippen LogP contribution in [0.5, 0.6) is 0 Å². The third-order valence-electron chi connectivity index (χ3n) is 3.62. The molecule has 3 N–H and O–H groups in total. The zero-order valence-corrected chi connectivity index (χ0v) is 12.1. The molecule has 1 fully saturated rings. The van der Waals surface area contributed by atoms with Crippen molar-refractivity contribution in [3.8, 4) is 0 Å². The zero-order valence-electron chi connectivity index (χ0n) is 11.3. The summed E-state index contributed by atoms with van der Waals surface area (Å²) in [5, 5.41) is 2.84. The molecular formula is C14H18F2N2OS. The maximum absolute atomic E-state index is 13.9. The van der Waals surface area contributed by atoms with Crippen LogP contribution < -0.4 is 11.1 Å². The van der Waals surface area contributed by atoms with E-state index in [1.54, 1.807) is 0 Å². The quantitative estimate of drug-likeness (QED) is 0.821. The number of nitrogens with one attached hydrogen (secondary N) is 1. The molecule has 0 saturated carbocycles. The molecule has 1 heterocycles. The van der Waals surface area contributed by atoms with Crippen molar-refractivity contribution in [2.24, 2.45) is 11.7 Å². The summed E-state index contributed by atoms with van der Waals surface area (Å²) in [5.74, 6) is -1.09. The highest BCUT2D eigenvalue weighted by Gasteiger charge is 2.27. The van der Waals surface area contributed by atoms with Crippen molar-refractivity contribution >= 4 is 22.9 Å². The fourth-order valence-electron chi connectivity index (χ4n) is 2.49. The van der Waals surface area contributed by atoms with Crippen molar-refractivity contribution in [2.45, 2.75) is 25.9 Å². The van der Waals surface area contributed by atoms with Gasteiger partial charge in [-0.15, -0.1) is 0 Å². The average Bonchev–Trinajstić information content (AvgIpc) is 2.84. The van der Waals surface area contributed by atoms with E-state index in [4.69, 9.17) is 22.7 Å². The minimum Gasteiger partial charge on any atom is -0.389 e. The highest BCUT2D eigenvalue weighted by molar-refractivity contribution is 7.80. The third kappa shape index (κ3) is 3.24. The third-order valence-corrected chi connectivity index (χ3v) is 3.85. The molecule has 110 valence electrons.